The van der Waals surface area contributed by atoms with Crippen LogP contribution in [0.25, 0.3) is 0 Å². The summed E-state index contributed by atoms with van der Waals surface area (Å²) in [7, 11) is 0. The van der Waals surface area contributed by atoms with Crippen LogP contribution < -0.4 is 10.2 Å². The van der Waals surface area contributed by atoms with Gasteiger partial charge in [0.05, 0.1) is 18.2 Å². The van der Waals surface area contributed by atoms with Crippen LogP contribution in [0.1, 0.15) is 18.1 Å². The molecule has 1 aliphatic rings. The molecule has 0 bridgehead atoms. The number of nitrogens with zero attached hydrogens (tertiary/aromatic N) is 1. The molecular weight excluding hydrogens is 482 g/mol. The largest absolute Gasteiger partial charge is 0.352 e. The molecule has 2 atom stereocenters. The standard InChI is InChI=1S/C25H21Cl2FN2O2S/c1-15(24(31)29-13-16-6-2-3-7-19(16)26)23-25(32)30(21-8-4-5-9-22(21)33-23)14-17-10-11-18(28)12-20(17)27/h2-12,15,23H,13-14H2,1H3,(H,29,31)/t15-,23+/m0/s1. The lowest BCUT2D eigenvalue weighted by Gasteiger charge is -2.36. The third kappa shape index (κ3) is 5.18. The van der Waals surface area contributed by atoms with Crippen molar-refractivity contribution < 1.29 is 14.0 Å². The highest BCUT2D eigenvalue weighted by Crippen LogP contribution is 2.42. The number of hydrogen-bond acceptors (Lipinski definition) is 3. The zero-order valence-corrected chi connectivity index (χ0v) is 20.1. The summed E-state index contributed by atoms with van der Waals surface area (Å²) in [6, 6.07) is 18.9. The molecule has 2 amide bonds. The van der Waals surface area contributed by atoms with Gasteiger partial charge in [-0.3, -0.25) is 9.59 Å². The predicted molar refractivity (Wildman–Crippen MR) is 131 cm³/mol. The van der Waals surface area contributed by atoms with Gasteiger partial charge in [-0.15, -0.1) is 11.8 Å². The number of benzene rings is 3. The summed E-state index contributed by atoms with van der Waals surface area (Å²) in [6.45, 7) is 2.20. The Morgan fingerprint density at radius 2 is 1.79 bits per heavy atom. The van der Waals surface area contributed by atoms with Gasteiger partial charge < -0.3 is 10.2 Å². The Balaban J connectivity index is 1.55. The third-order valence-corrected chi connectivity index (χ3v) is 7.73. The van der Waals surface area contributed by atoms with Crippen molar-refractivity contribution >= 4 is 52.5 Å². The highest BCUT2D eigenvalue weighted by Gasteiger charge is 2.39. The fraction of sp³-hybridized carbons (Fsp3) is 0.200. The lowest BCUT2D eigenvalue weighted by atomic mass is 10.0. The van der Waals surface area contributed by atoms with Crippen LogP contribution in [0.5, 0.6) is 0 Å². The number of fused-ring (bicyclic) bond motifs is 1. The number of rotatable bonds is 6. The van der Waals surface area contributed by atoms with Crippen LogP contribution in [-0.2, 0) is 22.7 Å². The van der Waals surface area contributed by atoms with Crippen molar-refractivity contribution in [1.29, 1.82) is 0 Å². The van der Waals surface area contributed by atoms with E-state index >= 15 is 0 Å². The molecule has 33 heavy (non-hydrogen) atoms. The summed E-state index contributed by atoms with van der Waals surface area (Å²) in [5.74, 6) is -1.46. The number of amides is 2. The van der Waals surface area contributed by atoms with Crippen LogP contribution in [0.4, 0.5) is 10.1 Å². The van der Waals surface area contributed by atoms with E-state index < -0.39 is 17.0 Å². The van der Waals surface area contributed by atoms with E-state index in [-0.39, 0.29) is 29.9 Å². The molecule has 0 radical (unpaired) electrons. The molecule has 0 unspecified atom stereocenters. The van der Waals surface area contributed by atoms with Gasteiger partial charge in [-0.25, -0.2) is 4.39 Å². The van der Waals surface area contributed by atoms with Crippen molar-refractivity contribution in [1.82, 2.24) is 5.32 Å². The zero-order valence-electron chi connectivity index (χ0n) is 17.7. The Morgan fingerprint density at radius 3 is 2.55 bits per heavy atom. The van der Waals surface area contributed by atoms with Gasteiger partial charge in [0.1, 0.15) is 11.1 Å². The molecule has 1 aliphatic heterocycles. The first-order valence-corrected chi connectivity index (χ1v) is 12.0. The molecular formula is C25H21Cl2FN2O2S. The fourth-order valence-corrected chi connectivity index (χ4v) is 5.38. The topological polar surface area (TPSA) is 49.4 Å². The smallest absolute Gasteiger partial charge is 0.241 e. The minimum absolute atomic E-state index is 0.181. The van der Waals surface area contributed by atoms with Crippen molar-refractivity contribution in [2.24, 2.45) is 5.92 Å². The first-order valence-electron chi connectivity index (χ1n) is 10.4. The number of carbonyl (C=O) groups excluding carboxylic acids is 2. The van der Waals surface area contributed by atoms with Gasteiger partial charge in [0.15, 0.2) is 0 Å². The molecule has 8 heteroatoms. The van der Waals surface area contributed by atoms with Gasteiger partial charge in [0.25, 0.3) is 0 Å². The van der Waals surface area contributed by atoms with Crippen LogP contribution in [0.15, 0.2) is 71.6 Å². The average molecular weight is 503 g/mol. The number of hydrogen-bond donors (Lipinski definition) is 1. The van der Waals surface area contributed by atoms with Crippen LogP contribution in [0.2, 0.25) is 10.0 Å². The number of nitrogens with one attached hydrogen (secondary N) is 1. The Kier molecular flexibility index (Phi) is 7.27. The Hall–Kier alpha value is -2.54. The SMILES string of the molecule is C[C@H](C(=O)NCc1ccccc1Cl)[C@H]1Sc2ccccc2N(Cc2ccc(F)cc2Cl)C1=O. The van der Waals surface area contributed by atoms with E-state index in [9.17, 15) is 14.0 Å². The van der Waals surface area contributed by atoms with Crippen LogP contribution in [-0.4, -0.2) is 17.1 Å². The maximum atomic E-state index is 13.5. The van der Waals surface area contributed by atoms with Crippen molar-refractivity contribution in [3.05, 3.63) is 93.7 Å². The van der Waals surface area contributed by atoms with E-state index in [1.807, 2.05) is 42.5 Å². The number of para-hydroxylation sites is 1. The van der Waals surface area contributed by atoms with Crippen LogP contribution in [0.3, 0.4) is 0 Å². The van der Waals surface area contributed by atoms with E-state index in [4.69, 9.17) is 23.2 Å². The molecule has 0 aliphatic carbocycles. The maximum Gasteiger partial charge on any atom is 0.241 e. The number of anilines is 1. The van der Waals surface area contributed by atoms with E-state index in [1.165, 1.54) is 23.9 Å². The molecule has 3 aromatic rings. The van der Waals surface area contributed by atoms with Gasteiger partial charge in [0.2, 0.25) is 11.8 Å². The molecule has 0 saturated carbocycles. The number of carbonyl (C=O) groups is 2. The molecule has 0 spiro atoms. The molecule has 170 valence electrons. The van der Waals surface area contributed by atoms with Gasteiger partial charge >= 0.3 is 0 Å². The van der Waals surface area contributed by atoms with E-state index in [0.717, 1.165) is 16.1 Å². The van der Waals surface area contributed by atoms with Crippen molar-refractivity contribution in [3.63, 3.8) is 0 Å². The van der Waals surface area contributed by atoms with Gasteiger partial charge in [-0.1, -0.05) is 66.5 Å². The summed E-state index contributed by atoms with van der Waals surface area (Å²) < 4.78 is 13.5. The summed E-state index contributed by atoms with van der Waals surface area (Å²) in [4.78, 5) is 29.0. The molecule has 4 nitrogen and oxygen atoms in total. The monoisotopic (exact) mass is 502 g/mol. The second kappa shape index (κ2) is 10.2. The molecule has 0 saturated heterocycles. The summed E-state index contributed by atoms with van der Waals surface area (Å²) in [5, 5.41) is 3.10. The molecule has 0 aromatic heterocycles. The minimum atomic E-state index is -0.620. The van der Waals surface area contributed by atoms with Crippen molar-refractivity contribution in [2.75, 3.05) is 4.90 Å². The van der Waals surface area contributed by atoms with Crippen molar-refractivity contribution in [3.8, 4) is 0 Å². The van der Waals surface area contributed by atoms with Crippen LogP contribution in [0, 0.1) is 11.7 Å². The quantitative estimate of drug-likeness (QED) is 0.443. The van der Waals surface area contributed by atoms with E-state index in [2.05, 4.69) is 5.32 Å². The van der Waals surface area contributed by atoms with E-state index in [0.29, 0.717) is 10.6 Å². The molecule has 4 rings (SSSR count). The van der Waals surface area contributed by atoms with Gasteiger partial charge in [-0.05, 0) is 41.5 Å². The Bertz CT molecular complexity index is 1210. The van der Waals surface area contributed by atoms with Gasteiger partial charge in [0, 0.05) is 21.5 Å². The number of halogens is 3. The number of thioether (sulfide) groups is 1. The molecule has 0 fully saturated rings. The second-order valence-corrected chi connectivity index (χ2v) is 9.76. The first kappa shape index (κ1) is 23.6. The fourth-order valence-electron chi connectivity index (χ4n) is 3.66. The third-order valence-electron chi connectivity index (χ3n) is 5.54. The average Bonchev–Trinajstić information content (AvgIpc) is 2.81. The zero-order chi connectivity index (χ0) is 23.5. The maximum absolute atomic E-state index is 13.5. The highest BCUT2D eigenvalue weighted by atomic mass is 35.5. The predicted octanol–water partition coefficient (Wildman–Crippen LogP) is 6.09. The lowest BCUT2D eigenvalue weighted by molar-refractivity contribution is -0.128. The van der Waals surface area contributed by atoms with Crippen LogP contribution >= 0.6 is 35.0 Å². The molecule has 1 heterocycles. The lowest BCUT2D eigenvalue weighted by Crippen LogP contribution is -2.47. The Morgan fingerprint density at radius 1 is 1.06 bits per heavy atom. The minimum Gasteiger partial charge on any atom is -0.352 e. The normalized spacial score (nSPS) is 16.3. The van der Waals surface area contributed by atoms with E-state index in [1.54, 1.807) is 24.0 Å². The second-order valence-electron chi connectivity index (χ2n) is 7.76. The summed E-state index contributed by atoms with van der Waals surface area (Å²) in [6.07, 6.45) is 0. The first-order chi connectivity index (χ1) is 15.8. The molecule has 3 aromatic carbocycles. The van der Waals surface area contributed by atoms with Crippen molar-refractivity contribution in [2.45, 2.75) is 30.2 Å². The summed E-state index contributed by atoms with van der Waals surface area (Å²) in [5.41, 5.74) is 2.18. The highest BCUT2D eigenvalue weighted by molar-refractivity contribution is 8.01. The molecule has 1 N–H and O–H groups in total. The van der Waals surface area contributed by atoms with Gasteiger partial charge in [-0.2, -0.15) is 0 Å². The summed E-state index contributed by atoms with van der Waals surface area (Å²) >= 11 is 13.8. The Labute approximate surface area is 206 Å².